The molecule has 1 heterocycles. The first-order valence-corrected chi connectivity index (χ1v) is 8.58. The SMILES string of the molecule is COc1ccc2c(CCNC(=O)C3(N)CCCC3(C)C)c[nH]c2c1. The number of hydrogen-bond donors (Lipinski definition) is 3. The number of nitrogens with two attached hydrogens (primary N) is 1. The number of methoxy groups -OCH3 is 1. The van der Waals surface area contributed by atoms with Gasteiger partial charge in [0.05, 0.1) is 7.11 Å². The normalized spacial score (nSPS) is 22.7. The van der Waals surface area contributed by atoms with Crippen molar-refractivity contribution in [1.82, 2.24) is 10.3 Å². The van der Waals surface area contributed by atoms with E-state index >= 15 is 0 Å². The van der Waals surface area contributed by atoms with E-state index in [1.807, 2.05) is 24.4 Å². The van der Waals surface area contributed by atoms with E-state index in [0.29, 0.717) is 6.54 Å². The van der Waals surface area contributed by atoms with Crippen LogP contribution in [0.1, 0.15) is 38.7 Å². The molecule has 1 aromatic carbocycles. The standard InChI is InChI=1S/C19H27N3O2/c1-18(2)8-4-9-19(18,20)17(23)21-10-7-13-12-22-16-11-14(24-3)5-6-15(13)16/h5-6,11-12,22H,4,7-10,20H2,1-3H3,(H,21,23). The largest absolute Gasteiger partial charge is 0.497 e. The number of amides is 1. The van der Waals surface area contributed by atoms with Gasteiger partial charge in [-0.15, -0.1) is 0 Å². The summed E-state index contributed by atoms with van der Waals surface area (Å²) < 4.78 is 5.24. The second kappa shape index (κ2) is 6.13. The first kappa shape index (κ1) is 16.8. The van der Waals surface area contributed by atoms with Gasteiger partial charge in [-0.25, -0.2) is 0 Å². The van der Waals surface area contributed by atoms with E-state index in [9.17, 15) is 4.79 Å². The number of fused-ring (bicyclic) bond motifs is 1. The highest BCUT2D eigenvalue weighted by Gasteiger charge is 2.51. The quantitative estimate of drug-likeness (QED) is 0.789. The van der Waals surface area contributed by atoms with Gasteiger partial charge < -0.3 is 20.8 Å². The minimum atomic E-state index is -0.749. The fraction of sp³-hybridized carbons (Fsp3) is 0.526. The molecule has 1 fully saturated rings. The average molecular weight is 329 g/mol. The van der Waals surface area contributed by atoms with E-state index in [2.05, 4.69) is 24.1 Å². The van der Waals surface area contributed by atoms with Crippen LogP contribution in [0.15, 0.2) is 24.4 Å². The van der Waals surface area contributed by atoms with Gasteiger partial charge in [-0.1, -0.05) is 20.3 Å². The molecule has 1 aliphatic carbocycles. The monoisotopic (exact) mass is 329 g/mol. The summed E-state index contributed by atoms with van der Waals surface area (Å²) in [5.74, 6) is 0.809. The number of hydrogen-bond acceptors (Lipinski definition) is 3. The molecule has 1 saturated carbocycles. The van der Waals surface area contributed by atoms with Gasteiger partial charge in [0.15, 0.2) is 0 Å². The van der Waals surface area contributed by atoms with E-state index in [4.69, 9.17) is 10.5 Å². The van der Waals surface area contributed by atoms with Crippen molar-refractivity contribution in [1.29, 1.82) is 0 Å². The topological polar surface area (TPSA) is 80.1 Å². The first-order valence-electron chi connectivity index (χ1n) is 8.58. The molecule has 1 aliphatic rings. The van der Waals surface area contributed by atoms with Crippen molar-refractivity contribution >= 4 is 16.8 Å². The highest BCUT2D eigenvalue weighted by Crippen LogP contribution is 2.44. The number of rotatable bonds is 5. The molecule has 130 valence electrons. The van der Waals surface area contributed by atoms with Crippen LogP contribution < -0.4 is 15.8 Å². The Morgan fingerprint density at radius 3 is 2.83 bits per heavy atom. The molecule has 4 N–H and O–H groups in total. The number of benzene rings is 1. The maximum absolute atomic E-state index is 12.6. The molecule has 0 radical (unpaired) electrons. The molecular formula is C19H27N3O2. The molecule has 1 aromatic heterocycles. The van der Waals surface area contributed by atoms with Gasteiger partial charge in [0.1, 0.15) is 11.3 Å². The summed E-state index contributed by atoms with van der Waals surface area (Å²) in [5, 5.41) is 4.20. The Bertz CT molecular complexity index is 750. The Morgan fingerprint density at radius 2 is 2.17 bits per heavy atom. The van der Waals surface area contributed by atoms with Crippen molar-refractivity contribution in [2.75, 3.05) is 13.7 Å². The molecule has 3 rings (SSSR count). The van der Waals surface area contributed by atoms with Gasteiger partial charge >= 0.3 is 0 Å². The third-order valence-corrected chi connectivity index (χ3v) is 5.64. The predicted molar refractivity (Wildman–Crippen MR) is 96.1 cm³/mol. The zero-order valence-corrected chi connectivity index (χ0v) is 14.7. The van der Waals surface area contributed by atoms with Crippen LogP contribution in [-0.4, -0.2) is 30.1 Å². The van der Waals surface area contributed by atoms with Crippen molar-refractivity contribution in [2.24, 2.45) is 11.1 Å². The number of aromatic amines is 1. The third kappa shape index (κ3) is 2.77. The summed E-state index contributed by atoms with van der Waals surface area (Å²) in [7, 11) is 1.66. The summed E-state index contributed by atoms with van der Waals surface area (Å²) in [6.07, 6.45) is 5.55. The maximum Gasteiger partial charge on any atom is 0.240 e. The lowest BCUT2D eigenvalue weighted by Gasteiger charge is -2.36. The van der Waals surface area contributed by atoms with Gasteiger partial charge in [0.2, 0.25) is 5.91 Å². The van der Waals surface area contributed by atoms with Gasteiger partial charge in [-0.05, 0) is 42.4 Å². The third-order valence-electron chi connectivity index (χ3n) is 5.64. The number of carbonyl (C=O) groups is 1. The number of aromatic nitrogens is 1. The lowest BCUT2D eigenvalue weighted by molar-refractivity contribution is -0.129. The Morgan fingerprint density at radius 1 is 1.38 bits per heavy atom. The second-order valence-electron chi connectivity index (χ2n) is 7.44. The van der Waals surface area contributed by atoms with Crippen LogP contribution in [0.3, 0.4) is 0 Å². The molecule has 1 unspecified atom stereocenters. The number of carbonyl (C=O) groups excluding carboxylic acids is 1. The molecule has 0 saturated heterocycles. The zero-order valence-electron chi connectivity index (χ0n) is 14.7. The van der Waals surface area contributed by atoms with Crippen molar-refractivity contribution in [3.05, 3.63) is 30.0 Å². The fourth-order valence-electron chi connectivity index (χ4n) is 3.76. The lowest BCUT2D eigenvalue weighted by atomic mass is 9.75. The van der Waals surface area contributed by atoms with Crippen molar-refractivity contribution in [3.8, 4) is 5.75 Å². The van der Waals surface area contributed by atoms with Crippen molar-refractivity contribution < 1.29 is 9.53 Å². The molecule has 24 heavy (non-hydrogen) atoms. The Hall–Kier alpha value is -2.01. The number of ether oxygens (including phenoxy) is 1. The summed E-state index contributed by atoms with van der Waals surface area (Å²) in [6.45, 7) is 4.77. The van der Waals surface area contributed by atoms with Crippen molar-refractivity contribution in [3.63, 3.8) is 0 Å². The zero-order chi connectivity index (χ0) is 17.4. The lowest BCUT2D eigenvalue weighted by Crippen LogP contribution is -2.60. The molecule has 0 aliphatic heterocycles. The first-order chi connectivity index (χ1) is 11.4. The fourth-order valence-corrected chi connectivity index (χ4v) is 3.76. The smallest absolute Gasteiger partial charge is 0.240 e. The Labute approximate surface area is 142 Å². The van der Waals surface area contributed by atoms with Crippen LogP contribution >= 0.6 is 0 Å². The highest BCUT2D eigenvalue weighted by molar-refractivity contribution is 5.88. The molecule has 0 bridgehead atoms. The second-order valence-corrected chi connectivity index (χ2v) is 7.44. The Kier molecular flexibility index (Phi) is 4.30. The van der Waals surface area contributed by atoms with E-state index in [0.717, 1.165) is 42.3 Å². The summed E-state index contributed by atoms with van der Waals surface area (Å²) in [4.78, 5) is 15.9. The van der Waals surface area contributed by atoms with Crippen LogP contribution in [0, 0.1) is 5.41 Å². The van der Waals surface area contributed by atoms with Crippen molar-refractivity contribution in [2.45, 2.75) is 45.1 Å². The molecule has 1 amide bonds. The van der Waals surface area contributed by atoms with E-state index in [1.54, 1.807) is 7.11 Å². The van der Waals surface area contributed by atoms with Crippen LogP contribution in [0.4, 0.5) is 0 Å². The highest BCUT2D eigenvalue weighted by atomic mass is 16.5. The van der Waals surface area contributed by atoms with Crippen LogP contribution in [0.25, 0.3) is 10.9 Å². The number of H-pyrrole nitrogens is 1. The minimum Gasteiger partial charge on any atom is -0.497 e. The predicted octanol–water partition coefficient (Wildman–Crippen LogP) is 2.74. The maximum atomic E-state index is 12.6. The van der Waals surface area contributed by atoms with Crippen LogP contribution in [-0.2, 0) is 11.2 Å². The van der Waals surface area contributed by atoms with Gasteiger partial charge in [0, 0.05) is 29.7 Å². The van der Waals surface area contributed by atoms with Gasteiger partial charge in [0.25, 0.3) is 0 Å². The van der Waals surface area contributed by atoms with E-state index in [1.165, 1.54) is 5.56 Å². The van der Waals surface area contributed by atoms with Crippen LogP contribution in [0.5, 0.6) is 5.75 Å². The van der Waals surface area contributed by atoms with Crippen LogP contribution in [0.2, 0.25) is 0 Å². The molecule has 5 nitrogen and oxygen atoms in total. The minimum absolute atomic E-state index is 0.0217. The average Bonchev–Trinajstić information content (AvgIpc) is 3.08. The summed E-state index contributed by atoms with van der Waals surface area (Å²) in [5.41, 5.74) is 7.77. The molecule has 2 aromatic rings. The molecule has 0 spiro atoms. The molecule has 1 atom stereocenters. The van der Waals surface area contributed by atoms with Gasteiger partial charge in [-0.3, -0.25) is 4.79 Å². The van der Waals surface area contributed by atoms with E-state index in [-0.39, 0.29) is 11.3 Å². The van der Waals surface area contributed by atoms with Gasteiger partial charge in [-0.2, -0.15) is 0 Å². The number of nitrogens with one attached hydrogen (secondary N) is 2. The summed E-state index contributed by atoms with van der Waals surface area (Å²) >= 11 is 0. The molecular weight excluding hydrogens is 302 g/mol. The Balaban J connectivity index is 1.64. The van der Waals surface area contributed by atoms with E-state index < -0.39 is 5.54 Å². The molecule has 5 heteroatoms. The summed E-state index contributed by atoms with van der Waals surface area (Å²) in [6, 6.07) is 5.98.